The van der Waals surface area contributed by atoms with E-state index in [9.17, 15) is 9.18 Å². The lowest BCUT2D eigenvalue weighted by Crippen LogP contribution is -2.34. The second-order valence-electron chi connectivity index (χ2n) is 5.56. The van der Waals surface area contributed by atoms with Crippen molar-refractivity contribution in [2.45, 2.75) is 26.3 Å². The van der Waals surface area contributed by atoms with E-state index >= 15 is 0 Å². The summed E-state index contributed by atoms with van der Waals surface area (Å²) in [5.41, 5.74) is -0.365. The van der Waals surface area contributed by atoms with Crippen LogP contribution in [0.2, 0.25) is 0 Å². The molecular weight excluding hydrogens is 261 g/mol. The molecule has 20 heavy (non-hydrogen) atoms. The molecule has 1 rings (SSSR count). The van der Waals surface area contributed by atoms with Gasteiger partial charge in [-0.3, -0.25) is 0 Å². The lowest BCUT2D eigenvalue weighted by atomic mass is 10.0. The number of aromatic nitrogens is 1. The molecule has 0 aliphatic heterocycles. The highest BCUT2D eigenvalue weighted by Gasteiger charge is 2.19. The number of carboxylic acid groups (broad SMARTS) is 1. The van der Waals surface area contributed by atoms with Crippen LogP contribution in [0.1, 0.15) is 30.6 Å². The smallest absolute Gasteiger partial charge is 0.338 e. The first-order valence-electron chi connectivity index (χ1n) is 6.60. The van der Waals surface area contributed by atoms with Crippen molar-refractivity contribution >= 4 is 11.8 Å². The van der Waals surface area contributed by atoms with Gasteiger partial charge in [0.05, 0.1) is 0 Å². The molecule has 112 valence electrons. The third kappa shape index (κ3) is 4.77. The fourth-order valence-corrected chi connectivity index (χ4v) is 2.09. The van der Waals surface area contributed by atoms with E-state index in [1.54, 1.807) is 0 Å². The van der Waals surface area contributed by atoms with Crippen LogP contribution in [0.25, 0.3) is 0 Å². The largest absolute Gasteiger partial charge is 0.478 e. The van der Waals surface area contributed by atoms with Crippen LogP contribution >= 0.6 is 0 Å². The molecule has 0 radical (unpaired) electrons. The number of anilines is 1. The van der Waals surface area contributed by atoms with Gasteiger partial charge in [0.1, 0.15) is 5.56 Å². The molecule has 5 nitrogen and oxygen atoms in total. The summed E-state index contributed by atoms with van der Waals surface area (Å²) in [6.07, 6.45) is 2.15. The number of aromatic carboxylic acids is 1. The Morgan fingerprint density at radius 3 is 2.65 bits per heavy atom. The Bertz CT molecular complexity index is 454. The van der Waals surface area contributed by atoms with Crippen LogP contribution in [0, 0.1) is 11.7 Å². The minimum atomic E-state index is -1.29. The summed E-state index contributed by atoms with van der Waals surface area (Å²) in [5, 5.41) is 11.9. The van der Waals surface area contributed by atoms with Crippen molar-refractivity contribution in [3.63, 3.8) is 0 Å². The van der Waals surface area contributed by atoms with Gasteiger partial charge in [-0.15, -0.1) is 0 Å². The van der Waals surface area contributed by atoms with Gasteiger partial charge >= 0.3 is 5.97 Å². The molecule has 1 aromatic heterocycles. The second-order valence-corrected chi connectivity index (χ2v) is 5.56. The van der Waals surface area contributed by atoms with Crippen LogP contribution in [-0.2, 0) is 0 Å². The van der Waals surface area contributed by atoms with Gasteiger partial charge in [-0.25, -0.2) is 14.2 Å². The van der Waals surface area contributed by atoms with Crippen molar-refractivity contribution in [3.05, 3.63) is 23.6 Å². The molecule has 0 aromatic carbocycles. The molecule has 6 heteroatoms. The van der Waals surface area contributed by atoms with Gasteiger partial charge in [0, 0.05) is 18.8 Å². The van der Waals surface area contributed by atoms with Gasteiger partial charge in [0.2, 0.25) is 0 Å². The number of rotatable bonds is 7. The van der Waals surface area contributed by atoms with Crippen LogP contribution in [0.4, 0.5) is 10.2 Å². The van der Waals surface area contributed by atoms with Crippen LogP contribution < -0.4 is 5.32 Å². The number of carbonyl (C=O) groups is 1. The Kier molecular flexibility index (Phi) is 5.88. The van der Waals surface area contributed by atoms with E-state index < -0.39 is 11.8 Å². The average molecular weight is 283 g/mol. The Morgan fingerprint density at radius 1 is 1.50 bits per heavy atom. The zero-order chi connectivity index (χ0) is 15.3. The van der Waals surface area contributed by atoms with Gasteiger partial charge in [-0.05, 0) is 32.5 Å². The fourth-order valence-electron chi connectivity index (χ4n) is 2.09. The molecule has 0 aliphatic rings. The predicted octanol–water partition coefficient (Wildman–Crippen LogP) is 2.31. The molecule has 1 atom stereocenters. The van der Waals surface area contributed by atoms with E-state index in [0.717, 1.165) is 19.0 Å². The molecule has 1 heterocycles. The van der Waals surface area contributed by atoms with E-state index in [-0.39, 0.29) is 17.4 Å². The summed E-state index contributed by atoms with van der Waals surface area (Å²) in [6, 6.07) is 1.17. The molecule has 0 amide bonds. The molecule has 0 aliphatic carbocycles. The average Bonchev–Trinajstić information content (AvgIpc) is 2.29. The number of nitrogens with one attached hydrogen (secondary N) is 1. The number of halogens is 1. The van der Waals surface area contributed by atoms with Crippen LogP contribution in [0.15, 0.2) is 12.3 Å². The Hall–Kier alpha value is -1.69. The van der Waals surface area contributed by atoms with Crippen molar-refractivity contribution in [3.8, 4) is 0 Å². The molecule has 0 saturated carbocycles. The molecule has 1 unspecified atom stereocenters. The SMILES string of the molecule is CC(C)CC(CN(C)C)Nc1nccc(C(=O)O)c1F. The molecule has 0 saturated heterocycles. The molecule has 0 fully saturated rings. The fraction of sp³-hybridized carbons (Fsp3) is 0.571. The predicted molar refractivity (Wildman–Crippen MR) is 76.6 cm³/mol. The van der Waals surface area contributed by atoms with Crippen molar-refractivity contribution in [1.29, 1.82) is 0 Å². The lowest BCUT2D eigenvalue weighted by molar-refractivity contribution is 0.0692. The van der Waals surface area contributed by atoms with Crippen molar-refractivity contribution in [2.75, 3.05) is 26.0 Å². The van der Waals surface area contributed by atoms with Gasteiger partial charge in [0.15, 0.2) is 11.6 Å². The number of nitrogens with zero attached hydrogens (tertiary/aromatic N) is 2. The highest BCUT2D eigenvalue weighted by atomic mass is 19.1. The first-order valence-corrected chi connectivity index (χ1v) is 6.60. The van der Waals surface area contributed by atoms with Gasteiger partial charge in [-0.1, -0.05) is 13.8 Å². The molecule has 1 aromatic rings. The zero-order valence-electron chi connectivity index (χ0n) is 12.4. The molecule has 0 bridgehead atoms. The number of pyridine rings is 1. The summed E-state index contributed by atoms with van der Waals surface area (Å²) >= 11 is 0. The Morgan fingerprint density at radius 2 is 2.15 bits per heavy atom. The third-order valence-corrected chi connectivity index (χ3v) is 2.80. The van der Waals surface area contributed by atoms with Crippen molar-refractivity contribution in [2.24, 2.45) is 5.92 Å². The summed E-state index contributed by atoms with van der Waals surface area (Å²) in [5.74, 6) is -1.66. The maximum absolute atomic E-state index is 14.0. The minimum absolute atomic E-state index is 0.00241. The highest BCUT2D eigenvalue weighted by Crippen LogP contribution is 2.18. The van der Waals surface area contributed by atoms with Gasteiger partial charge in [-0.2, -0.15) is 0 Å². The van der Waals surface area contributed by atoms with E-state index in [1.807, 2.05) is 19.0 Å². The van der Waals surface area contributed by atoms with Crippen molar-refractivity contribution in [1.82, 2.24) is 9.88 Å². The van der Waals surface area contributed by atoms with Gasteiger partial charge in [0.25, 0.3) is 0 Å². The number of hydrogen-bond donors (Lipinski definition) is 2. The second kappa shape index (κ2) is 7.19. The summed E-state index contributed by atoms with van der Waals surface area (Å²) in [4.78, 5) is 16.8. The minimum Gasteiger partial charge on any atom is -0.478 e. The lowest BCUT2D eigenvalue weighted by Gasteiger charge is -2.24. The molecule has 2 N–H and O–H groups in total. The zero-order valence-corrected chi connectivity index (χ0v) is 12.4. The summed E-state index contributed by atoms with van der Waals surface area (Å²) < 4.78 is 14.0. The number of hydrogen-bond acceptors (Lipinski definition) is 4. The molecular formula is C14H22FN3O2. The van der Waals surface area contributed by atoms with E-state index in [0.29, 0.717) is 5.92 Å². The van der Waals surface area contributed by atoms with Crippen molar-refractivity contribution < 1.29 is 14.3 Å². The maximum Gasteiger partial charge on any atom is 0.338 e. The third-order valence-electron chi connectivity index (χ3n) is 2.80. The van der Waals surface area contributed by atoms with Crippen LogP contribution in [-0.4, -0.2) is 47.6 Å². The topological polar surface area (TPSA) is 65.5 Å². The first kappa shape index (κ1) is 16.4. The maximum atomic E-state index is 14.0. The monoisotopic (exact) mass is 283 g/mol. The standard InChI is InChI=1S/C14H22FN3O2/c1-9(2)7-10(8-18(3)4)17-13-12(15)11(14(19)20)5-6-16-13/h5-6,9-10H,7-8H2,1-4H3,(H,16,17)(H,19,20). The number of carboxylic acids is 1. The van der Waals surface area contributed by atoms with E-state index in [1.165, 1.54) is 6.20 Å². The first-order chi connectivity index (χ1) is 9.31. The summed E-state index contributed by atoms with van der Waals surface area (Å²) in [7, 11) is 3.87. The highest BCUT2D eigenvalue weighted by molar-refractivity contribution is 5.88. The van der Waals surface area contributed by atoms with E-state index in [2.05, 4.69) is 24.1 Å². The normalized spacial score (nSPS) is 12.8. The van der Waals surface area contributed by atoms with Crippen LogP contribution in [0.5, 0.6) is 0 Å². The van der Waals surface area contributed by atoms with Crippen LogP contribution in [0.3, 0.4) is 0 Å². The Balaban J connectivity index is 2.92. The van der Waals surface area contributed by atoms with E-state index in [4.69, 9.17) is 5.11 Å². The quantitative estimate of drug-likeness (QED) is 0.804. The number of likely N-dealkylation sites (N-methyl/N-ethyl adjacent to an activating group) is 1. The Labute approximate surface area is 118 Å². The van der Waals surface area contributed by atoms with Gasteiger partial charge < -0.3 is 15.3 Å². The molecule has 0 spiro atoms. The summed E-state index contributed by atoms with van der Waals surface area (Å²) in [6.45, 7) is 4.89.